The molecule has 0 fully saturated rings. The number of hydrogen-bond donors (Lipinski definition) is 0. The predicted octanol–water partition coefficient (Wildman–Crippen LogP) is 2.77. The zero-order valence-corrected chi connectivity index (χ0v) is 13.8. The first-order chi connectivity index (χ1) is 11.1. The number of nitrogens with zero attached hydrogens (tertiary/aromatic N) is 2. The molecule has 0 spiro atoms. The van der Waals surface area contributed by atoms with E-state index < -0.39 is 0 Å². The maximum absolute atomic E-state index is 12.5. The minimum absolute atomic E-state index is 0.217. The van der Waals surface area contributed by atoms with Crippen LogP contribution in [-0.2, 0) is 6.54 Å². The largest absolute Gasteiger partial charge is 0.497 e. The zero-order valence-electron chi connectivity index (χ0n) is 12.2. The summed E-state index contributed by atoms with van der Waals surface area (Å²) in [6.07, 6.45) is 0. The summed E-state index contributed by atoms with van der Waals surface area (Å²) in [7, 11) is 1.57. The van der Waals surface area contributed by atoms with E-state index in [4.69, 9.17) is 16.3 Å². The second-order valence-electron chi connectivity index (χ2n) is 4.84. The van der Waals surface area contributed by atoms with E-state index in [1.807, 2.05) is 0 Å². The van der Waals surface area contributed by atoms with Crippen LogP contribution >= 0.6 is 23.1 Å². The maximum Gasteiger partial charge on any atom is 0.346 e. The van der Waals surface area contributed by atoms with E-state index in [9.17, 15) is 9.59 Å². The summed E-state index contributed by atoms with van der Waals surface area (Å²) < 4.78 is 7.67. The average molecular weight is 349 g/mol. The molecule has 118 valence electrons. The van der Waals surface area contributed by atoms with Gasteiger partial charge < -0.3 is 4.74 Å². The normalized spacial score (nSPS) is 10.7. The highest BCUT2D eigenvalue weighted by atomic mass is 35.5. The summed E-state index contributed by atoms with van der Waals surface area (Å²) in [6.45, 7) is 0.217. The third-order valence-corrected chi connectivity index (χ3v) is 4.53. The zero-order chi connectivity index (χ0) is 16.4. The molecule has 0 radical (unpaired) electrons. The van der Waals surface area contributed by atoms with E-state index >= 15 is 0 Å². The Morgan fingerprint density at radius 3 is 2.30 bits per heavy atom. The van der Waals surface area contributed by atoms with E-state index in [-0.39, 0.29) is 17.1 Å². The smallest absolute Gasteiger partial charge is 0.346 e. The van der Waals surface area contributed by atoms with Crippen molar-refractivity contribution in [3.63, 3.8) is 0 Å². The second-order valence-corrected chi connectivity index (χ2v) is 6.18. The van der Waals surface area contributed by atoms with Crippen molar-refractivity contribution in [1.29, 1.82) is 0 Å². The molecule has 0 saturated carbocycles. The Kier molecular flexibility index (Phi) is 4.36. The van der Waals surface area contributed by atoms with E-state index in [0.717, 1.165) is 17.1 Å². The molecule has 2 aromatic carbocycles. The molecule has 1 aromatic heterocycles. The lowest BCUT2D eigenvalue weighted by atomic mass is 10.2. The summed E-state index contributed by atoms with van der Waals surface area (Å²) in [4.78, 5) is 24.3. The third-order valence-electron chi connectivity index (χ3n) is 3.36. The molecule has 0 aliphatic rings. The number of aromatic nitrogens is 2. The van der Waals surface area contributed by atoms with Crippen LogP contribution in [0.3, 0.4) is 0 Å². The Hall–Kier alpha value is -2.31. The molecule has 3 aromatic rings. The van der Waals surface area contributed by atoms with Crippen molar-refractivity contribution >= 4 is 23.1 Å². The highest BCUT2D eigenvalue weighted by Crippen LogP contribution is 2.14. The van der Waals surface area contributed by atoms with E-state index in [0.29, 0.717) is 16.5 Å². The van der Waals surface area contributed by atoms with Gasteiger partial charge in [-0.15, -0.1) is 0 Å². The fourth-order valence-electron chi connectivity index (χ4n) is 2.14. The first kappa shape index (κ1) is 15.6. The van der Waals surface area contributed by atoms with Gasteiger partial charge in [0.1, 0.15) is 5.75 Å². The molecule has 0 N–H and O–H groups in total. The lowest BCUT2D eigenvalue weighted by Gasteiger charge is -2.03. The van der Waals surface area contributed by atoms with Gasteiger partial charge in [0.25, 0.3) is 0 Å². The molecule has 5 nitrogen and oxygen atoms in total. The topological polar surface area (TPSA) is 53.2 Å². The minimum Gasteiger partial charge on any atom is -0.497 e. The van der Waals surface area contributed by atoms with Gasteiger partial charge in [0.15, 0.2) is 0 Å². The number of hydrogen-bond acceptors (Lipinski definition) is 4. The van der Waals surface area contributed by atoms with Crippen LogP contribution in [0.4, 0.5) is 0 Å². The Morgan fingerprint density at radius 1 is 1.04 bits per heavy atom. The quantitative estimate of drug-likeness (QED) is 0.728. The lowest BCUT2D eigenvalue weighted by Crippen LogP contribution is -2.28. The summed E-state index contributed by atoms with van der Waals surface area (Å²) in [5.74, 6) is 0.690. The number of methoxy groups -OCH3 is 1. The van der Waals surface area contributed by atoms with E-state index in [2.05, 4.69) is 0 Å². The molecule has 0 unspecified atom stereocenters. The molecule has 7 heteroatoms. The monoisotopic (exact) mass is 348 g/mol. The maximum atomic E-state index is 12.5. The molecular formula is C16H13ClN2O3S. The van der Waals surface area contributed by atoms with Gasteiger partial charge in [0.05, 0.1) is 19.3 Å². The van der Waals surface area contributed by atoms with Gasteiger partial charge in [-0.05, 0) is 42.0 Å². The predicted molar refractivity (Wildman–Crippen MR) is 91.3 cm³/mol. The molecule has 0 aliphatic heterocycles. The Morgan fingerprint density at radius 2 is 1.70 bits per heavy atom. The fourth-order valence-corrected chi connectivity index (χ4v) is 3.07. The van der Waals surface area contributed by atoms with Gasteiger partial charge in [-0.25, -0.2) is 13.3 Å². The number of rotatable bonds is 4. The fraction of sp³-hybridized carbons (Fsp3) is 0.125. The van der Waals surface area contributed by atoms with Crippen LogP contribution in [0, 0.1) is 0 Å². The number of halogens is 1. The van der Waals surface area contributed by atoms with Crippen molar-refractivity contribution in [1.82, 2.24) is 8.52 Å². The van der Waals surface area contributed by atoms with E-state index in [1.165, 1.54) is 8.52 Å². The molecule has 0 atom stereocenters. The highest BCUT2D eigenvalue weighted by Gasteiger charge is 2.12. The molecule has 3 rings (SSSR count). The third kappa shape index (κ3) is 3.23. The number of ether oxygens (including phenoxy) is 1. The summed E-state index contributed by atoms with van der Waals surface area (Å²) in [6, 6.07) is 14.0. The Bertz CT molecular complexity index is 924. The van der Waals surface area contributed by atoms with Gasteiger partial charge in [-0.3, -0.25) is 4.79 Å². The van der Waals surface area contributed by atoms with Gasteiger partial charge in [0.2, 0.25) is 0 Å². The molecular weight excluding hydrogens is 336 g/mol. The van der Waals surface area contributed by atoms with Crippen LogP contribution in [0.25, 0.3) is 5.69 Å². The lowest BCUT2D eigenvalue weighted by molar-refractivity contribution is 0.415. The number of benzene rings is 2. The first-order valence-electron chi connectivity index (χ1n) is 6.80. The van der Waals surface area contributed by atoms with Crippen LogP contribution in [-0.4, -0.2) is 15.6 Å². The van der Waals surface area contributed by atoms with Crippen LogP contribution < -0.4 is 15.3 Å². The molecule has 0 bridgehead atoms. The SMILES string of the molecule is COc1ccc(-n2sc(=O)n(Cc3ccc(Cl)cc3)c2=O)cc1. The Balaban J connectivity index is 1.97. The Labute approximate surface area is 141 Å². The second kappa shape index (κ2) is 6.44. The van der Waals surface area contributed by atoms with Gasteiger partial charge in [0, 0.05) is 16.6 Å². The van der Waals surface area contributed by atoms with Crippen molar-refractivity contribution in [3.05, 3.63) is 79.3 Å². The van der Waals surface area contributed by atoms with Gasteiger partial charge in [-0.1, -0.05) is 23.7 Å². The van der Waals surface area contributed by atoms with Crippen LogP contribution in [0.2, 0.25) is 5.02 Å². The molecule has 0 saturated heterocycles. The van der Waals surface area contributed by atoms with E-state index in [1.54, 1.807) is 55.6 Å². The standard InChI is InChI=1S/C16H13ClN2O3S/c1-22-14-8-6-13(7-9-14)19-15(20)18(16(21)23-19)10-11-2-4-12(17)5-3-11/h2-9H,10H2,1H3. The molecule has 1 heterocycles. The van der Waals surface area contributed by atoms with Crippen LogP contribution in [0.1, 0.15) is 5.56 Å². The van der Waals surface area contributed by atoms with Crippen LogP contribution in [0.15, 0.2) is 58.1 Å². The molecule has 0 amide bonds. The molecule has 23 heavy (non-hydrogen) atoms. The van der Waals surface area contributed by atoms with Crippen LogP contribution in [0.5, 0.6) is 5.75 Å². The summed E-state index contributed by atoms with van der Waals surface area (Å²) >= 11 is 6.72. The highest BCUT2D eigenvalue weighted by molar-refractivity contribution is 7.03. The minimum atomic E-state index is -0.361. The van der Waals surface area contributed by atoms with Crippen molar-refractivity contribution in [2.75, 3.05) is 7.11 Å². The van der Waals surface area contributed by atoms with Crippen molar-refractivity contribution in [2.45, 2.75) is 6.54 Å². The van der Waals surface area contributed by atoms with Crippen molar-refractivity contribution in [2.24, 2.45) is 0 Å². The van der Waals surface area contributed by atoms with Crippen molar-refractivity contribution in [3.8, 4) is 11.4 Å². The van der Waals surface area contributed by atoms with Crippen molar-refractivity contribution < 1.29 is 4.74 Å². The summed E-state index contributed by atoms with van der Waals surface area (Å²) in [5.41, 5.74) is 1.11. The first-order valence-corrected chi connectivity index (χ1v) is 7.95. The average Bonchev–Trinajstić information content (AvgIpc) is 2.85. The molecule has 0 aliphatic carbocycles. The summed E-state index contributed by atoms with van der Waals surface area (Å²) in [5, 5.41) is 0.613. The van der Waals surface area contributed by atoms with Gasteiger partial charge >= 0.3 is 10.6 Å². The van der Waals surface area contributed by atoms with Gasteiger partial charge in [-0.2, -0.15) is 0 Å².